The first-order valence-electron chi connectivity index (χ1n) is 4.79. The van der Waals surface area contributed by atoms with Gasteiger partial charge in [0.05, 0.1) is 18.8 Å². The van der Waals surface area contributed by atoms with E-state index in [-0.39, 0.29) is 19.3 Å². The minimum atomic E-state index is -0.883. The Kier molecular flexibility index (Phi) is 3.67. The van der Waals surface area contributed by atoms with Crippen molar-refractivity contribution in [3.05, 3.63) is 0 Å². The molecule has 3 N–H and O–H groups in total. The smallest absolute Gasteiger partial charge is 0.0901 e. The summed E-state index contributed by atoms with van der Waals surface area (Å²) in [4.78, 5) is 2.13. The maximum atomic E-state index is 9.71. The van der Waals surface area contributed by atoms with Crippen LogP contribution in [0.15, 0.2) is 0 Å². The molecular formula is C9H19NO3. The minimum absolute atomic E-state index is 0.150. The standard InChI is InChI=1S/C9H19NO3/c1-8(6-11)10-4-2-9(13,7-12)3-5-10/h8,11-13H,2-7H2,1H3. The number of aliphatic hydroxyl groups is 3. The number of rotatable bonds is 3. The lowest BCUT2D eigenvalue weighted by Crippen LogP contribution is -2.50. The van der Waals surface area contributed by atoms with Gasteiger partial charge < -0.3 is 15.3 Å². The third-order valence-corrected chi connectivity index (χ3v) is 2.91. The second kappa shape index (κ2) is 4.37. The van der Waals surface area contributed by atoms with Gasteiger partial charge in [-0.2, -0.15) is 0 Å². The summed E-state index contributed by atoms with van der Waals surface area (Å²) >= 11 is 0. The largest absolute Gasteiger partial charge is 0.395 e. The Labute approximate surface area is 78.8 Å². The lowest BCUT2D eigenvalue weighted by Gasteiger charge is -2.39. The molecule has 1 saturated heterocycles. The average molecular weight is 189 g/mol. The number of hydrogen-bond acceptors (Lipinski definition) is 4. The van der Waals surface area contributed by atoms with Gasteiger partial charge in [0, 0.05) is 19.1 Å². The van der Waals surface area contributed by atoms with Gasteiger partial charge in [0.25, 0.3) is 0 Å². The number of likely N-dealkylation sites (tertiary alicyclic amines) is 1. The van der Waals surface area contributed by atoms with Crippen LogP contribution in [0.5, 0.6) is 0 Å². The van der Waals surface area contributed by atoms with E-state index in [9.17, 15) is 5.11 Å². The van der Waals surface area contributed by atoms with Gasteiger partial charge in [-0.1, -0.05) is 0 Å². The molecule has 78 valence electrons. The molecule has 0 aliphatic carbocycles. The van der Waals surface area contributed by atoms with Crippen molar-refractivity contribution in [3.63, 3.8) is 0 Å². The van der Waals surface area contributed by atoms with Gasteiger partial charge in [-0.15, -0.1) is 0 Å². The number of aliphatic hydroxyl groups excluding tert-OH is 2. The molecule has 0 aromatic heterocycles. The first kappa shape index (κ1) is 10.9. The quantitative estimate of drug-likeness (QED) is 0.543. The lowest BCUT2D eigenvalue weighted by atomic mass is 9.92. The molecule has 4 heteroatoms. The maximum Gasteiger partial charge on any atom is 0.0901 e. The Morgan fingerprint density at radius 1 is 1.31 bits per heavy atom. The normalized spacial score (nSPS) is 25.8. The SMILES string of the molecule is CC(CO)N1CCC(O)(CO)CC1. The topological polar surface area (TPSA) is 63.9 Å². The molecule has 0 aromatic carbocycles. The Hall–Kier alpha value is -0.160. The molecular weight excluding hydrogens is 170 g/mol. The Balaban J connectivity index is 2.38. The minimum Gasteiger partial charge on any atom is -0.395 e. The predicted molar refractivity (Wildman–Crippen MR) is 49.4 cm³/mol. The van der Waals surface area contributed by atoms with Gasteiger partial charge in [0.15, 0.2) is 0 Å². The van der Waals surface area contributed by atoms with E-state index in [2.05, 4.69) is 4.90 Å². The summed E-state index contributed by atoms with van der Waals surface area (Å²) in [5.74, 6) is 0. The highest BCUT2D eigenvalue weighted by Gasteiger charge is 2.32. The molecule has 0 aromatic rings. The van der Waals surface area contributed by atoms with E-state index < -0.39 is 5.60 Å². The lowest BCUT2D eigenvalue weighted by molar-refractivity contribution is -0.0678. The van der Waals surface area contributed by atoms with Crippen LogP contribution in [0.1, 0.15) is 19.8 Å². The fraction of sp³-hybridized carbons (Fsp3) is 1.00. The van der Waals surface area contributed by atoms with E-state index in [0.29, 0.717) is 12.8 Å². The average Bonchev–Trinajstić information content (AvgIpc) is 2.18. The van der Waals surface area contributed by atoms with E-state index in [0.717, 1.165) is 13.1 Å². The summed E-state index contributed by atoms with van der Waals surface area (Å²) in [7, 11) is 0. The van der Waals surface area contributed by atoms with Gasteiger partial charge in [-0.25, -0.2) is 0 Å². The van der Waals surface area contributed by atoms with Crippen LogP contribution in [0.2, 0.25) is 0 Å². The fourth-order valence-corrected chi connectivity index (χ4v) is 1.65. The van der Waals surface area contributed by atoms with Crippen LogP contribution >= 0.6 is 0 Å². The fourth-order valence-electron chi connectivity index (χ4n) is 1.65. The van der Waals surface area contributed by atoms with Crippen molar-refractivity contribution in [2.24, 2.45) is 0 Å². The number of hydrogen-bond donors (Lipinski definition) is 3. The summed E-state index contributed by atoms with van der Waals surface area (Å²) in [5, 5.41) is 27.5. The monoisotopic (exact) mass is 189 g/mol. The highest BCUT2D eigenvalue weighted by Crippen LogP contribution is 2.22. The molecule has 0 bridgehead atoms. The summed E-state index contributed by atoms with van der Waals surface area (Å²) < 4.78 is 0. The summed E-state index contributed by atoms with van der Waals surface area (Å²) in [6, 6.07) is 0.156. The number of nitrogens with zero attached hydrogens (tertiary/aromatic N) is 1. The highest BCUT2D eigenvalue weighted by atomic mass is 16.3. The number of piperidine rings is 1. The van der Waals surface area contributed by atoms with Crippen molar-refractivity contribution in [1.82, 2.24) is 4.90 Å². The zero-order valence-corrected chi connectivity index (χ0v) is 8.11. The molecule has 1 unspecified atom stereocenters. The molecule has 0 amide bonds. The first-order chi connectivity index (χ1) is 6.11. The molecule has 13 heavy (non-hydrogen) atoms. The van der Waals surface area contributed by atoms with E-state index >= 15 is 0 Å². The molecule has 4 nitrogen and oxygen atoms in total. The second-order valence-electron chi connectivity index (χ2n) is 3.95. The van der Waals surface area contributed by atoms with E-state index in [4.69, 9.17) is 10.2 Å². The zero-order chi connectivity index (χ0) is 9.90. The van der Waals surface area contributed by atoms with Crippen molar-refractivity contribution in [2.75, 3.05) is 26.3 Å². The molecule has 1 rings (SSSR count). The first-order valence-corrected chi connectivity index (χ1v) is 4.79. The predicted octanol–water partition coefficient (Wildman–Crippen LogP) is -0.814. The van der Waals surface area contributed by atoms with E-state index in [1.165, 1.54) is 0 Å². The molecule has 1 aliphatic rings. The molecule has 1 fully saturated rings. The molecule has 1 aliphatic heterocycles. The Morgan fingerprint density at radius 2 is 1.85 bits per heavy atom. The third kappa shape index (κ3) is 2.64. The third-order valence-electron chi connectivity index (χ3n) is 2.91. The van der Waals surface area contributed by atoms with Gasteiger partial charge >= 0.3 is 0 Å². The van der Waals surface area contributed by atoms with Crippen molar-refractivity contribution in [2.45, 2.75) is 31.4 Å². The van der Waals surface area contributed by atoms with Crippen molar-refractivity contribution < 1.29 is 15.3 Å². The zero-order valence-electron chi connectivity index (χ0n) is 8.11. The Morgan fingerprint density at radius 3 is 2.23 bits per heavy atom. The maximum absolute atomic E-state index is 9.71. The molecule has 0 radical (unpaired) electrons. The second-order valence-corrected chi connectivity index (χ2v) is 3.95. The molecule has 1 atom stereocenters. The van der Waals surface area contributed by atoms with Gasteiger partial charge in [0.1, 0.15) is 0 Å². The van der Waals surface area contributed by atoms with Crippen LogP contribution in [-0.2, 0) is 0 Å². The van der Waals surface area contributed by atoms with Crippen LogP contribution in [0, 0.1) is 0 Å². The van der Waals surface area contributed by atoms with Gasteiger partial charge in [-0.05, 0) is 19.8 Å². The van der Waals surface area contributed by atoms with Crippen LogP contribution in [0.25, 0.3) is 0 Å². The van der Waals surface area contributed by atoms with E-state index in [1.54, 1.807) is 0 Å². The molecule has 0 spiro atoms. The summed E-state index contributed by atoms with van der Waals surface area (Å²) in [6.45, 7) is 3.45. The highest BCUT2D eigenvalue weighted by molar-refractivity contribution is 4.86. The van der Waals surface area contributed by atoms with Gasteiger partial charge in [-0.3, -0.25) is 4.90 Å². The van der Waals surface area contributed by atoms with Crippen LogP contribution < -0.4 is 0 Å². The summed E-state index contributed by atoms with van der Waals surface area (Å²) in [6.07, 6.45) is 1.18. The van der Waals surface area contributed by atoms with Crippen LogP contribution in [0.3, 0.4) is 0 Å². The van der Waals surface area contributed by atoms with E-state index in [1.807, 2.05) is 6.92 Å². The van der Waals surface area contributed by atoms with Crippen LogP contribution in [0.4, 0.5) is 0 Å². The molecule has 1 heterocycles. The Bertz CT molecular complexity index is 155. The van der Waals surface area contributed by atoms with Crippen molar-refractivity contribution >= 4 is 0 Å². The van der Waals surface area contributed by atoms with Crippen molar-refractivity contribution in [3.8, 4) is 0 Å². The van der Waals surface area contributed by atoms with Crippen molar-refractivity contribution in [1.29, 1.82) is 0 Å². The van der Waals surface area contributed by atoms with Gasteiger partial charge in [0.2, 0.25) is 0 Å². The summed E-state index contributed by atoms with van der Waals surface area (Å²) in [5.41, 5.74) is -0.883. The van der Waals surface area contributed by atoms with Crippen LogP contribution in [-0.4, -0.2) is 58.2 Å². The molecule has 0 saturated carbocycles.